The Balaban J connectivity index is 1.57. The molecule has 3 rings (SSSR count). The van der Waals surface area contributed by atoms with Crippen LogP contribution in [0.2, 0.25) is 0 Å². The summed E-state index contributed by atoms with van der Waals surface area (Å²) in [5.41, 5.74) is 1.87. The number of nitrogens with one attached hydrogen (secondary N) is 3. The molecule has 0 aliphatic heterocycles. The van der Waals surface area contributed by atoms with Crippen molar-refractivity contribution in [2.45, 2.75) is 25.3 Å². The quantitative estimate of drug-likeness (QED) is 0.777. The van der Waals surface area contributed by atoms with Gasteiger partial charge >= 0.3 is 6.03 Å². The maximum absolute atomic E-state index is 13.0. The zero-order valence-electron chi connectivity index (χ0n) is 10.5. The van der Waals surface area contributed by atoms with Crippen molar-refractivity contribution in [3.63, 3.8) is 0 Å². The summed E-state index contributed by atoms with van der Waals surface area (Å²) in [4.78, 5) is 14.5. The van der Waals surface area contributed by atoms with Crippen LogP contribution in [0.15, 0.2) is 24.4 Å². The average molecular weight is 261 g/mol. The Kier molecular flexibility index (Phi) is 3.11. The topological polar surface area (TPSA) is 56.9 Å². The van der Waals surface area contributed by atoms with E-state index in [9.17, 15) is 9.18 Å². The second-order valence-corrected chi connectivity index (χ2v) is 4.93. The highest BCUT2D eigenvalue weighted by molar-refractivity contribution is 5.83. The molecule has 1 saturated carbocycles. The van der Waals surface area contributed by atoms with Gasteiger partial charge in [0.15, 0.2) is 0 Å². The van der Waals surface area contributed by atoms with Gasteiger partial charge in [0, 0.05) is 29.7 Å². The van der Waals surface area contributed by atoms with Crippen molar-refractivity contribution < 1.29 is 9.18 Å². The summed E-state index contributed by atoms with van der Waals surface area (Å²) in [6, 6.07) is 4.96. The maximum Gasteiger partial charge on any atom is 0.315 e. The third kappa shape index (κ3) is 2.86. The molecule has 1 aliphatic rings. The number of halogens is 1. The molecule has 0 saturated heterocycles. The van der Waals surface area contributed by atoms with Gasteiger partial charge in [-0.15, -0.1) is 0 Å². The van der Waals surface area contributed by atoms with E-state index in [0.29, 0.717) is 12.6 Å². The Morgan fingerprint density at radius 1 is 1.42 bits per heavy atom. The van der Waals surface area contributed by atoms with Crippen LogP contribution in [0.1, 0.15) is 18.4 Å². The molecule has 1 aromatic heterocycles. The highest BCUT2D eigenvalue weighted by Crippen LogP contribution is 2.19. The van der Waals surface area contributed by atoms with Crippen LogP contribution in [-0.2, 0) is 6.42 Å². The number of amides is 2. The molecule has 0 bridgehead atoms. The lowest BCUT2D eigenvalue weighted by atomic mass is 10.1. The fourth-order valence-electron chi connectivity index (χ4n) is 2.14. The SMILES string of the molecule is O=C(NCCc1c[nH]c2cc(F)ccc12)NC1CC1. The summed E-state index contributed by atoms with van der Waals surface area (Å²) >= 11 is 0. The monoisotopic (exact) mass is 261 g/mol. The van der Waals surface area contributed by atoms with Crippen molar-refractivity contribution in [3.05, 3.63) is 35.8 Å². The van der Waals surface area contributed by atoms with Crippen LogP contribution < -0.4 is 10.6 Å². The maximum atomic E-state index is 13.0. The Labute approximate surface area is 110 Å². The Bertz CT molecular complexity index is 604. The van der Waals surface area contributed by atoms with Gasteiger partial charge in [0.2, 0.25) is 0 Å². The molecule has 2 amide bonds. The van der Waals surface area contributed by atoms with Crippen molar-refractivity contribution in [2.75, 3.05) is 6.54 Å². The van der Waals surface area contributed by atoms with Gasteiger partial charge in [-0.3, -0.25) is 0 Å². The minimum absolute atomic E-state index is 0.103. The van der Waals surface area contributed by atoms with E-state index in [4.69, 9.17) is 0 Å². The first-order chi connectivity index (χ1) is 9.22. The van der Waals surface area contributed by atoms with E-state index in [-0.39, 0.29) is 11.8 Å². The average Bonchev–Trinajstić information content (AvgIpc) is 3.10. The van der Waals surface area contributed by atoms with E-state index >= 15 is 0 Å². The molecule has 1 fully saturated rings. The lowest BCUT2D eigenvalue weighted by Crippen LogP contribution is -2.37. The third-order valence-electron chi connectivity index (χ3n) is 3.32. The molecule has 19 heavy (non-hydrogen) atoms. The number of hydrogen-bond donors (Lipinski definition) is 3. The predicted molar refractivity (Wildman–Crippen MR) is 71.5 cm³/mol. The van der Waals surface area contributed by atoms with E-state index in [0.717, 1.165) is 35.7 Å². The second-order valence-electron chi connectivity index (χ2n) is 4.93. The fraction of sp³-hybridized carbons (Fsp3) is 0.357. The first kappa shape index (κ1) is 12.0. The molecule has 0 unspecified atom stereocenters. The summed E-state index contributed by atoms with van der Waals surface area (Å²) in [7, 11) is 0. The van der Waals surface area contributed by atoms with Gasteiger partial charge in [0.05, 0.1) is 0 Å². The number of aromatic amines is 1. The number of rotatable bonds is 4. The first-order valence-corrected chi connectivity index (χ1v) is 6.52. The number of aromatic nitrogens is 1. The van der Waals surface area contributed by atoms with Gasteiger partial charge in [-0.05, 0) is 43.0 Å². The minimum Gasteiger partial charge on any atom is -0.361 e. The van der Waals surface area contributed by atoms with Crippen molar-refractivity contribution in [1.82, 2.24) is 15.6 Å². The molecule has 0 radical (unpaired) electrons. The van der Waals surface area contributed by atoms with Crippen LogP contribution in [0.3, 0.4) is 0 Å². The summed E-state index contributed by atoms with van der Waals surface area (Å²) in [6.07, 6.45) is 4.76. The molecule has 100 valence electrons. The van der Waals surface area contributed by atoms with Crippen LogP contribution >= 0.6 is 0 Å². The number of urea groups is 1. The number of H-pyrrole nitrogens is 1. The number of hydrogen-bond acceptors (Lipinski definition) is 1. The Morgan fingerprint density at radius 3 is 3.05 bits per heavy atom. The standard InChI is InChI=1S/C14H16FN3O/c15-10-1-4-12-9(8-17-13(12)7-10)5-6-16-14(19)18-11-2-3-11/h1,4,7-8,11,17H,2-3,5-6H2,(H2,16,18,19). The van der Waals surface area contributed by atoms with Crippen LogP contribution in [-0.4, -0.2) is 23.6 Å². The van der Waals surface area contributed by atoms with E-state index in [1.54, 1.807) is 6.07 Å². The van der Waals surface area contributed by atoms with Gasteiger partial charge in [-0.2, -0.15) is 0 Å². The minimum atomic E-state index is -0.247. The van der Waals surface area contributed by atoms with Gasteiger partial charge in [-0.1, -0.05) is 0 Å². The molecule has 1 aliphatic carbocycles. The number of carbonyl (C=O) groups excluding carboxylic acids is 1. The summed E-state index contributed by atoms with van der Waals surface area (Å²) in [6.45, 7) is 0.572. The van der Waals surface area contributed by atoms with Gasteiger partial charge < -0.3 is 15.6 Å². The third-order valence-corrected chi connectivity index (χ3v) is 3.32. The van der Waals surface area contributed by atoms with Gasteiger partial charge in [-0.25, -0.2) is 9.18 Å². The zero-order valence-corrected chi connectivity index (χ0v) is 10.5. The molecule has 0 atom stereocenters. The van der Waals surface area contributed by atoms with Crippen molar-refractivity contribution in [2.24, 2.45) is 0 Å². The van der Waals surface area contributed by atoms with E-state index in [2.05, 4.69) is 15.6 Å². The van der Waals surface area contributed by atoms with Crippen LogP contribution in [0.25, 0.3) is 10.9 Å². The molecule has 1 aromatic carbocycles. The number of benzene rings is 1. The summed E-state index contributed by atoms with van der Waals surface area (Å²) < 4.78 is 13.0. The fourth-order valence-corrected chi connectivity index (χ4v) is 2.14. The lowest BCUT2D eigenvalue weighted by Gasteiger charge is -2.05. The smallest absolute Gasteiger partial charge is 0.315 e. The molecule has 5 heteroatoms. The van der Waals surface area contributed by atoms with Crippen LogP contribution in [0.4, 0.5) is 9.18 Å². The van der Waals surface area contributed by atoms with Crippen molar-refractivity contribution in [1.29, 1.82) is 0 Å². The molecule has 1 heterocycles. The van der Waals surface area contributed by atoms with E-state index in [1.807, 2.05) is 6.20 Å². The molecular weight excluding hydrogens is 245 g/mol. The van der Waals surface area contributed by atoms with Gasteiger partial charge in [0.25, 0.3) is 0 Å². The molecular formula is C14H16FN3O. The Morgan fingerprint density at radius 2 is 2.26 bits per heavy atom. The summed E-state index contributed by atoms with van der Waals surface area (Å²) in [5.74, 6) is -0.247. The van der Waals surface area contributed by atoms with Gasteiger partial charge in [0.1, 0.15) is 5.82 Å². The van der Waals surface area contributed by atoms with Crippen molar-refractivity contribution >= 4 is 16.9 Å². The highest BCUT2D eigenvalue weighted by Gasteiger charge is 2.22. The normalized spacial score (nSPS) is 14.6. The van der Waals surface area contributed by atoms with Crippen LogP contribution in [0.5, 0.6) is 0 Å². The van der Waals surface area contributed by atoms with E-state index in [1.165, 1.54) is 12.1 Å². The van der Waals surface area contributed by atoms with Crippen LogP contribution in [0, 0.1) is 5.82 Å². The lowest BCUT2D eigenvalue weighted by molar-refractivity contribution is 0.240. The molecule has 2 aromatic rings. The molecule has 3 N–H and O–H groups in total. The van der Waals surface area contributed by atoms with Crippen molar-refractivity contribution in [3.8, 4) is 0 Å². The summed E-state index contributed by atoms with van der Waals surface area (Å²) in [5, 5.41) is 6.71. The zero-order chi connectivity index (χ0) is 13.2. The highest BCUT2D eigenvalue weighted by atomic mass is 19.1. The second kappa shape index (κ2) is 4.91. The number of carbonyl (C=O) groups is 1. The largest absolute Gasteiger partial charge is 0.361 e. The first-order valence-electron chi connectivity index (χ1n) is 6.52. The molecule has 4 nitrogen and oxygen atoms in total. The number of fused-ring (bicyclic) bond motifs is 1. The molecule has 0 spiro atoms. The Hall–Kier alpha value is -2.04. The predicted octanol–water partition coefficient (Wildman–Crippen LogP) is 2.31. The van der Waals surface area contributed by atoms with E-state index < -0.39 is 0 Å².